The second-order valence-corrected chi connectivity index (χ2v) is 7.71. The summed E-state index contributed by atoms with van der Waals surface area (Å²) < 4.78 is 0. The van der Waals surface area contributed by atoms with Gasteiger partial charge in [-0.25, -0.2) is 4.98 Å². The Morgan fingerprint density at radius 2 is 1.94 bits per heavy atom. The standard InChI is InChI=1S/C15H25NOS/c1-14(2,3)12-10-18-13(16-12)9-15(11-17)7-5-4-6-8-15/h10,17H,4-9,11H2,1-3H3. The van der Waals surface area contributed by atoms with Crippen LogP contribution in [0.2, 0.25) is 0 Å². The highest BCUT2D eigenvalue weighted by Gasteiger charge is 2.32. The number of aliphatic hydroxyl groups is 1. The molecule has 1 aromatic heterocycles. The number of aromatic nitrogens is 1. The fourth-order valence-corrected chi connectivity index (χ4v) is 3.94. The predicted molar refractivity (Wildman–Crippen MR) is 77.1 cm³/mol. The van der Waals surface area contributed by atoms with Gasteiger partial charge in [0.25, 0.3) is 0 Å². The molecule has 0 saturated heterocycles. The van der Waals surface area contributed by atoms with Crippen molar-refractivity contribution in [2.45, 2.75) is 64.7 Å². The van der Waals surface area contributed by atoms with Crippen LogP contribution in [-0.4, -0.2) is 16.7 Å². The molecule has 3 heteroatoms. The molecule has 0 bridgehead atoms. The number of hydrogen-bond acceptors (Lipinski definition) is 3. The zero-order chi connectivity index (χ0) is 13.2. The minimum atomic E-state index is 0.116. The normalized spacial score (nSPS) is 20.0. The van der Waals surface area contributed by atoms with Crippen molar-refractivity contribution in [2.24, 2.45) is 5.41 Å². The van der Waals surface area contributed by atoms with E-state index in [2.05, 4.69) is 26.2 Å². The highest BCUT2D eigenvalue weighted by molar-refractivity contribution is 7.09. The van der Waals surface area contributed by atoms with Gasteiger partial charge in [0.15, 0.2) is 0 Å². The Labute approximate surface area is 114 Å². The van der Waals surface area contributed by atoms with Crippen LogP contribution in [0.15, 0.2) is 5.38 Å². The molecule has 2 nitrogen and oxygen atoms in total. The van der Waals surface area contributed by atoms with Crippen LogP contribution < -0.4 is 0 Å². The maximum atomic E-state index is 9.75. The Balaban J connectivity index is 2.10. The summed E-state index contributed by atoms with van der Waals surface area (Å²) in [7, 11) is 0. The molecule has 0 aromatic carbocycles. The molecule has 1 aliphatic carbocycles. The van der Waals surface area contributed by atoms with Gasteiger partial charge in [-0.1, -0.05) is 40.0 Å². The summed E-state index contributed by atoms with van der Waals surface area (Å²) in [5.74, 6) is 0. The lowest BCUT2D eigenvalue weighted by molar-refractivity contribution is 0.0822. The molecule has 1 fully saturated rings. The van der Waals surface area contributed by atoms with Crippen LogP contribution >= 0.6 is 11.3 Å². The van der Waals surface area contributed by atoms with Gasteiger partial charge < -0.3 is 5.11 Å². The summed E-state index contributed by atoms with van der Waals surface area (Å²) in [6, 6.07) is 0. The summed E-state index contributed by atoms with van der Waals surface area (Å²) in [6.45, 7) is 6.92. The van der Waals surface area contributed by atoms with Crippen molar-refractivity contribution in [1.29, 1.82) is 0 Å². The van der Waals surface area contributed by atoms with E-state index in [1.165, 1.54) is 30.0 Å². The largest absolute Gasteiger partial charge is 0.396 e. The fraction of sp³-hybridized carbons (Fsp3) is 0.800. The number of aliphatic hydroxyl groups excluding tert-OH is 1. The molecular weight excluding hydrogens is 242 g/mol. The summed E-state index contributed by atoms with van der Waals surface area (Å²) >= 11 is 1.76. The molecular formula is C15H25NOS. The van der Waals surface area contributed by atoms with Gasteiger partial charge in [0.05, 0.1) is 10.7 Å². The highest BCUT2D eigenvalue weighted by Crippen LogP contribution is 2.39. The molecule has 1 saturated carbocycles. The topological polar surface area (TPSA) is 33.1 Å². The van der Waals surface area contributed by atoms with Crippen molar-refractivity contribution in [3.8, 4) is 0 Å². The van der Waals surface area contributed by atoms with Gasteiger partial charge in [0.2, 0.25) is 0 Å². The number of nitrogens with zero attached hydrogens (tertiary/aromatic N) is 1. The van der Waals surface area contributed by atoms with E-state index in [4.69, 9.17) is 4.98 Å². The van der Waals surface area contributed by atoms with Crippen LogP contribution in [0, 0.1) is 5.41 Å². The van der Waals surface area contributed by atoms with Crippen molar-refractivity contribution < 1.29 is 5.11 Å². The van der Waals surface area contributed by atoms with Crippen LogP contribution in [0.4, 0.5) is 0 Å². The summed E-state index contributed by atoms with van der Waals surface area (Å²) in [6.07, 6.45) is 7.13. The monoisotopic (exact) mass is 267 g/mol. The van der Waals surface area contributed by atoms with Crippen LogP contribution in [0.1, 0.15) is 63.6 Å². The molecule has 102 valence electrons. The van der Waals surface area contributed by atoms with Gasteiger partial charge in [-0.2, -0.15) is 0 Å². The number of rotatable bonds is 3. The highest BCUT2D eigenvalue weighted by atomic mass is 32.1. The lowest BCUT2D eigenvalue weighted by Gasteiger charge is -2.34. The first-order chi connectivity index (χ1) is 8.45. The van der Waals surface area contributed by atoms with E-state index in [1.807, 2.05) is 0 Å². The Morgan fingerprint density at radius 1 is 1.28 bits per heavy atom. The third kappa shape index (κ3) is 3.12. The molecule has 0 unspecified atom stereocenters. The number of hydrogen-bond donors (Lipinski definition) is 1. The van der Waals surface area contributed by atoms with Gasteiger partial charge in [-0.3, -0.25) is 0 Å². The minimum Gasteiger partial charge on any atom is -0.396 e. The zero-order valence-electron chi connectivity index (χ0n) is 11.8. The molecule has 2 rings (SSSR count). The lowest BCUT2D eigenvalue weighted by atomic mass is 9.72. The zero-order valence-corrected chi connectivity index (χ0v) is 12.6. The van der Waals surface area contributed by atoms with Crippen molar-refractivity contribution in [3.63, 3.8) is 0 Å². The molecule has 1 heterocycles. The Bertz CT molecular complexity index is 385. The van der Waals surface area contributed by atoms with Gasteiger partial charge >= 0.3 is 0 Å². The smallest absolute Gasteiger partial charge is 0.0934 e. The molecule has 1 N–H and O–H groups in total. The van der Waals surface area contributed by atoms with Gasteiger partial charge in [0, 0.05) is 23.8 Å². The maximum absolute atomic E-state index is 9.75. The SMILES string of the molecule is CC(C)(C)c1csc(CC2(CO)CCCCC2)n1. The molecule has 0 amide bonds. The first-order valence-electron chi connectivity index (χ1n) is 7.01. The van der Waals surface area contributed by atoms with Gasteiger partial charge in [-0.15, -0.1) is 11.3 Å². The predicted octanol–water partition coefficient (Wildman–Crippen LogP) is 3.93. The fourth-order valence-electron chi connectivity index (χ4n) is 2.75. The van der Waals surface area contributed by atoms with E-state index in [1.54, 1.807) is 11.3 Å². The summed E-state index contributed by atoms with van der Waals surface area (Å²) in [4.78, 5) is 4.78. The van der Waals surface area contributed by atoms with E-state index in [-0.39, 0.29) is 10.8 Å². The second kappa shape index (κ2) is 5.30. The molecule has 0 spiro atoms. The Kier molecular flexibility index (Phi) is 4.12. The Morgan fingerprint density at radius 3 is 2.44 bits per heavy atom. The van der Waals surface area contributed by atoms with Crippen molar-refractivity contribution >= 4 is 11.3 Å². The molecule has 1 aromatic rings. The molecule has 1 aliphatic rings. The van der Waals surface area contributed by atoms with E-state index < -0.39 is 0 Å². The van der Waals surface area contributed by atoms with Gasteiger partial charge in [-0.05, 0) is 18.3 Å². The average Bonchev–Trinajstić information content (AvgIpc) is 2.78. The Hall–Kier alpha value is -0.410. The first kappa shape index (κ1) is 14.0. The van der Waals surface area contributed by atoms with Gasteiger partial charge in [0.1, 0.15) is 0 Å². The third-order valence-electron chi connectivity index (χ3n) is 4.10. The summed E-state index contributed by atoms with van der Waals surface area (Å²) in [5, 5.41) is 13.1. The van der Waals surface area contributed by atoms with Crippen LogP contribution in [0.25, 0.3) is 0 Å². The average molecular weight is 267 g/mol. The van der Waals surface area contributed by atoms with Crippen LogP contribution in [0.3, 0.4) is 0 Å². The molecule has 0 aliphatic heterocycles. The molecule has 18 heavy (non-hydrogen) atoms. The third-order valence-corrected chi connectivity index (χ3v) is 4.94. The van der Waals surface area contributed by atoms with E-state index in [0.29, 0.717) is 6.61 Å². The van der Waals surface area contributed by atoms with E-state index in [0.717, 1.165) is 19.3 Å². The van der Waals surface area contributed by atoms with Crippen molar-refractivity contribution in [1.82, 2.24) is 4.98 Å². The first-order valence-corrected chi connectivity index (χ1v) is 7.89. The van der Waals surface area contributed by atoms with Crippen LogP contribution in [-0.2, 0) is 11.8 Å². The maximum Gasteiger partial charge on any atom is 0.0934 e. The number of thiazole rings is 1. The molecule has 0 atom stereocenters. The second-order valence-electron chi connectivity index (χ2n) is 6.77. The van der Waals surface area contributed by atoms with Crippen molar-refractivity contribution in [2.75, 3.05) is 6.61 Å². The van der Waals surface area contributed by atoms with E-state index >= 15 is 0 Å². The van der Waals surface area contributed by atoms with E-state index in [9.17, 15) is 5.11 Å². The summed E-state index contributed by atoms with van der Waals surface area (Å²) in [5.41, 5.74) is 1.44. The van der Waals surface area contributed by atoms with Crippen LogP contribution in [0.5, 0.6) is 0 Å². The minimum absolute atomic E-state index is 0.116. The lowest BCUT2D eigenvalue weighted by Crippen LogP contribution is -2.30. The molecule has 0 radical (unpaired) electrons. The van der Waals surface area contributed by atoms with Crippen molar-refractivity contribution in [3.05, 3.63) is 16.1 Å². The quantitative estimate of drug-likeness (QED) is 0.900.